The summed E-state index contributed by atoms with van der Waals surface area (Å²) >= 11 is 0. The minimum atomic E-state index is 0.00926. The van der Waals surface area contributed by atoms with Gasteiger partial charge in [0.25, 0.3) is 0 Å². The Morgan fingerprint density at radius 2 is 2.38 bits per heavy atom. The van der Waals surface area contributed by atoms with Gasteiger partial charge in [-0.3, -0.25) is 4.79 Å². The van der Waals surface area contributed by atoms with Crippen molar-refractivity contribution < 1.29 is 19.0 Å². The van der Waals surface area contributed by atoms with Crippen LogP contribution in [0.5, 0.6) is 11.5 Å². The van der Waals surface area contributed by atoms with Crippen molar-refractivity contribution in [1.82, 2.24) is 0 Å². The molecule has 86 valence electrons. The van der Waals surface area contributed by atoms with Crippen LogP contribution in [0.2, 0.25) is 0 Å². The fourth-order valence-electron chi connectivity index (χ4n) is 1.68. The number of carbonyl (C=O) groups is 1. The third-order valence-electron chi connectivity index (χ3n) is 2.53. The van der Waals surface area contributed by atoms with Crippen molar-refractivity contribution >= 4 is 6.29 Å². The van der Waals surface area contributed by atoms with Crippen molar-refractivity contribution in [3.63, 3.8) is 0 Å². The van der Waals surface area contributed by atoms with E-state index in [9.17, 15) is 4.79 Å². The van der Waals surface area contributed by atoms with E-state index < -0.39 is 0 Å². The predicted molar refractivity (Wildman–Crippen MR) is 58.2 cm³/mol. The highest BCUT2D eigenvalue weighted by atomic mass is 16.6. The first kappa shape index (κ1) is 11.0. The van der Waals surface area contributed by atoms with Gasteiger partial charge < -0.3 is 14.2 Å². The van der Waals surface area contributed by atoms with E-state index in [4.69, 9.17) is 14.2 Å². The fourth-order valence-corrected chi connectivity index (χ4v) is 1.68. The Bertz CT molecular complexity index is 369. The first-order valence-corrected chi connectivity index (χ1v) is 5.21. The van der Waals surface area contributed by atoms with Crippen molar-refractivity contribution in [3.05, 3.63) is 23.8 Å². The summed E-state index contributed by atoms with van der Waals surface area (Å²) in [5.74, 6) is 1.09. The van der Waals surface area contributed by atoms with Gasteiger partial charge in [-0.05, 0) is 12.1 Å². The highest BCUT2D eigenvalue weighted by molar-refractivity contribution is 5.81. The molecule has 0 N–H and O–H groups in total. The minimum Gasteiger partial charge on any atom is -0.493 e. The van der Waals surface area contributed by atoms with Gasteiger partial charge in [-0.1, -0.05) is 6.07 Å². The molecule has 4 heteroatoms. The van der Waals surface area contributed by atoms with Crippen LogP contribution in [0.15, 0.2) is 18.2 Å². The zero-order valence-corrected chi connectivity index (χ0v) is 9.14. The molecule has 0 aliphatic carbocycles. The van der Waals surface area contributed by atoms with Crippen LogP contribution in [0.4, 0.5) is 0 Å². The summed E-state index contributed by atoms with van der Waals surface area (Å²) in [5, 5.41) is 0. The van der Waals surface area contributed by atoms with Gasteiger partial charge in [0.2, 0.25) is 0 Å². The molecule has 1 aliphatic heterocycles. The maximum atomic E-state index is 10.9. The average Bonchev–Trinajstić information content (AvgIpc) is 2.82. The third kappa shape index (κ3) is 2.17. The zero-order valence-electron chi connectivity index (χ0n) is 9.14. The Labute approximate surface area is 94.1 Å². The lowest BCUT2D eigenvalue weighted by Gasteiger charge is -2.16. The normalized spacial score (nSPS) is 19.4. The molecule has 0 radical (unpaired) electrons. The van der Waals surface area contributed by atoms with E-state index in [2.05, 4.69) is 0 Å². The minimum absolute atomic E-state index is 0.00926. The lowest BCUT2D eigenvalue weighted by molar-refractivity contribution is 0.110. The van der Waals surface area contributed by atoms with Gasteiger partial charge >= 0.3 is 0 Å². The largest absolute Gasteiger partial charge is 0.493 e. The molecular formula is C12H14O4. The van der Waals surface area contributed by atoms with Gasteiger partial charge in [-0.25, -0.2) is 0 Å². The second kappa shape index (κ2) is 4.99. The lowest BCUT2D eigenvalue weighted by atomic mass is 10.2. The standard InChI is InChI=1S/C12H14O4/c1-14-11-4-2-3-9(7-13)12(11)16-10-5-6-15-8-10/h2-4,7,10H,5-6,8H2,1H3. The molecule has 1 saturated heterocycles. The molecule has 4 nitrogen and oxygen atoms in total. The molecule has 1 atom stereocenters. The Balaban J connectivity index is 2.24. The van der Waals surface area contributed by atoms with E-state index in [1.165, 1.54) is 0 Å². The van der Waals surface area contributed by atoms with Crippen molar-refractivity contribution in [3.8, 4) is 11.5 Å². The number of benzene rings is 1. The highest BCUT2D eigenvalue weighted by Crippen LogP contribution is 2.31. The van der Waals surface area contributed by atoms with Crippen molar-refractivity contribution in [1.29, 1.82) is 0 Å². The summed E-state index contributed by atoms with van der Waals surface area (Å²) < 4.78 is 16.1. The monoisotopic (exact) mass is 222 g/mol. The number of ether oxygens (including phenoxy) is 3. The maximum Gasteiger partial charge on any atom is 0.172 e. The molecule has 1 aromatic carbocycles. The molecule has 2 rings (SSSR count). The fraction of sp³-hybridized carbons (Fsp3) is 0.417. The number of carbonyl (C=O) groups excluding carboxylic acids is 1. The summed E-state index contributed by atoms with van der Waals surface area (Å²) in [5.41, 5.74) is 0.506. The number of methoxy groups -OCH3 is 1. The molecule has 1 fully saturated rings. The first-order chi connectivity index (χ1) is 7.85. The van der Waals surface area contributed by atoms with Gasteiger partial charge in [0.05, 0.1) is 25.9 Å². The Hall–Kier alpha value is -1.55. The molecular weight excluding hydrogens is 208 g/mol. The van der Waals surface area contributed by atoms with E-state index in [1.54, 1.807) is 25.3 Å². The molecule has 1 aliphatic rings. The summed E-state index contributed by atoms with van der Waals surface area (Å²) in [7, 11) is 1.56. The van der Waals surface area contributed by atoms with Crippen molar-refractivity contribution in [2.24, 2.45) is 0 Å². The van der Waals surface area contributed by atoms with Gasteiger partial charge in [0.1, 0.15) is 6.10 Å². The zero-order chi connectivity index (χ0) is 11.4. The van der Waals surface area contributed by atoms with E-state index >= 15 is 0 Å². The summed E-state index contributed by atoms with van der Waals surface area (Å²) in [4.78, 5) is 10.9. The first-order valence-electron chi connectivity index (χ1n) is 5.21. The van der Waals surface area contributed by atoms with Gasteiger partial charge in [-0.15, -0.1) is 0 Å². The van der Waals surface area contributed by atoms with Crippen LogP contribution < -0.4 is 9.47 Å². The number of para-hydroxylation sites is 1. The van der Waals surface area contributed by atoms with Crippen molar-refractivity contribution in [2.45, 2.75) is 12.5 Å². The maximum absolute atomic E-state index is 10.9. The van der Waals surface area contributed by atoms with Crippen LogP contribution in [0.25, 0.3) is 0 Å². The van der Waals surface area contributed by atoms with Gasteiger partial charge in [-0.2, -0.15) is 0 Å². The Kier molecular flexibility index (Phi) is 3.41. The molecule has 1 heterocycles. The SMILES string of the molecule is COc1cccc(C=O)c1OC1CCOC1. The molecule has 0 amide bonds. The van der Waals surface area contributed by atoms with Crippen LogP contribution in [0.3, 0.4) is 0 Å². The number of hydrogen-bond donors (Lipinski definition) is 0. The van der Waals surface area contributed by atoms with E-state index in [1.807, 2.05) is 0 Å². The van der Waals surface area contributed by atoms with Crippen LogP contribution in [0.1, 0.15) is 16.8 Å². The molecule has 16 heavy (non-hydrogen) atoms. The van der Waals surface area contributed by atoms with Crippen LogP contribution >= 0.6 is 0 Å². The second-order valence-corrected chi connectivity index (χ2v) is 3.60. The van der Waals surface area contributed by atoms with Crippen LogP contribution in [-0.4, -0.2) is 32.7 Å². The second-order valence-electron chi connectivity index (χ2n) is 3.60. The molecule has 0 saturated carbocycles. The number of aldehydes is 1. The molecule has 0 spiro atoms. The molecule has 0 bridgehead atoms. The summed E-state index contributed by atoms with van der Waals surface area (Å²) in [6, 6.07) is 5.25. The predicted octanol–water partition coefficient (Wildman–Crippen LogP) is 1.68. The summed E-state index contributed by atoms with van der Waals surface area (Å²) in [6.45, 7) is 1.27. The summed E-state index contributed by atoms with van der Waals surface area (Å²) in [6.07, 6.45) is 1.62. The van der Waals surface area contributed by atoms with Crippen LogP contribution in [0, 0.1) is 0 Å². The molecule has 1 aromatic rings. The smallest absolute Gasteiger partial charge is 0.172 e. The van der Waals surface area contributed by atoms with Crippen molar-refractivity contribution in [2.75, 3.05) is 20.3 Å². The van der Waals surface area contributed by atoms with Crippen LogP contribution in [-0.2, 0) is 4.74 Å². The van der Waals surface area contributed by atoms with E-state index in [0.29, 0.717) is 30.3 Å². The number of rotatable bonds is 4. The molecule has 0 aromatic heterocycles. The quantitative estimate of drug-likeness (QED) is 0.727. The Morgan fingerprint density at radius 1 is 1.50 bits per heavy atom. The Morgan fingerprint density at radius 3 is 3.00 bits per heavy atom. The van der Waals surface area contributed by atoms with Gasteiger partial charge in [0, 0.05) is 6.42 Å². The average molecular weight is 222 g/mol. The topological polar surface area (TPSA) is 44.8 Å². The lowest BCUT2D eigenvalue weighted by Crippen LogP contribution is -2.17. The number of hydrogen-bond acceptors (Lipinski definition) is 4. The molecule has 1 unspecified atom stereocenters. The van der Waals surface area contributed by atoms with Gasteiger partial charge in [0.15, 0.2) is 17.8 Å². The van der Waals surface area contributed by atoms with E-state index in [0.717, 1.165) is 12.7 Å². The third-order valence-corrected chi connectivity index (χ3v) is 2.53. The van der Waals surface area contributed by atoms with E-state index in [-0.39, 0.29) is 6.10 Å². The highest BCUT2D eigenvalue weighted by Gasteiger charge is 2.20.